The second kappa shape index (κ2) is 6.41. The normalized spacial score (nSPS) is 30.4. The van der Waals surface area contributed by atoms with Crippen LogP contribution in [0.25, 0.3) is 0 Å². The lowest BCUT2D eigenvalue weighted by Crippen LogP contribution is -2.62. The molecule has 0 aromatic heterocycles. The molecule has 0 aliphatic carbocycles. The van der Waals surface area contributed by atoms with Gasteiger partial charge in [0.25, 0.3) is 0 Å². The van der Waals surface area contributed by atoms with Crippen molar-refractivity contribution in [1.82, 2.24) is 4.90 Å². The molecule has 2 aromatic rings. The van der Waals surface area contributed by atoms with Crippen molar-refractivity contribution in [1.29, 1.82) is 0 Å². The van der Waals surface area contributed by atoms with Crippen LogP contribution in [0.2, 0.25) is 0 Å². The maximum atomic E-state index is 11.2. The average Bonchev–Trinajstić information content (AvgIpc) is 2.58. The van der Waals surface area contributed by atoms with Crippen LogP contribution in [0.4, 0.5) is 0 Å². The van der Waals surface area contributed by atoms with Crippen molar-refractivity contribution in [2.24, 2.45) is 0 Å². The molecule has 1 saturated heterocycles. The van der Waals surface area contributed by atoms with E-state index in [0.717, 1.165) is 11.1 Å². The predicted molar refractivity (Wildman–Crippen MR) is 95.3 cm³/mol. The van der Waals surface area contributed by atoms with Gasteiger partial charge in [-0.2, -0.15) is 0 Å². The lowest BCUT2D eigenvalue weighted by atomic mass is 9.74. The minimum Gasteiger partial charge on any atom is -0.385 e. The molecule has 0 spiro atoms. The Balaban J connectivity index is 1.94. The van der Waals surface area contributed by atoms with Gasteiger partial charge >= 0.3 is 0 Å². The van der Waals surface area contributed by atoms with Gasteiger partial charge in [-0.25, -0.2) is 0 Å². The van der Waals surface area contributed by atoms with Crippen LogP contribution >= 0.6 is 0 Å². The molecular weight excluding hydrogens is 298 g/mol. The molecule has 3 atom stereocenters. The number of aliphatic hydroxyl groups is 2. The first-order chi connectivity index (χ1) is 11.4. The maximum absolute atomic E-state index is 11.2. The molecule has 3 nitrogen and oxygen atoms in total. The number of β-amino-alcohol motifs (C(OH)–C–C–N with tert-alkyl or cyclic N) is 1. The number of likely N-dealkylation sites (N-methyl/N-ethyl adjacent to an activating group) is 1. The number of likely N-dealkylation sites (tertiary alicyclic amines) is 1. The Labute approximate surface area is 143 Å². The van der Waals surface area contributed by atoms with Crippen LogP contribution in [-0.4, -0.2) is 39.9 Å². The molecular formula is C21H23NO2. The van der Waals surface area contributed by atoms with E-state index in [-0.39, 0.29) is 6.04 Å². The molecule has 1 aliphatic rings. The van der Waals surface area contributed by atoms with Gasteiger partial charge in [0.05, 0.1) is 0 Å². The van der Waals surface area contributed by atoms with Crippen molar-refractivity contribution in [3.05, 3.63) is 71.8 Å². The van der Waals surface area contributed by atoms with Gasteiger partial charge < -0.3 is 10.2 Å². The van der Waals surface area contributed by atoms with E-state index in [1.165, 1.54) is 0 Å². The highest BCUT2D eigenvalue weighted by Crippen LogP contribution is 2.40. The Bertz CT molecular complexity index is 746. The highest BCUT2D eigenvalue weighted by Gasteiger charge is 2.51. The second-order valence-corrected chi connectivity index (χ2v) is 6.80. The monoisotopic (exact) mass is 321 g/mol. The first-order valence-electron chi connectivity index (χ1n) is 8.19. The van der Waals surface area contributed by atoms with Crippen LogP contribution in [0.3, 0.4) is 0 Å². The number of hydrogen-bond donors (Lipinski definition) is 2. The molecule has 3 rings (SSSR count). The van der Waals surface area contributed by atoms with Gasteiger partial charge in [0.1, 0.15) is 5.60 Å². The van der Waals surface area contributed by atoms with Crippen LogP contribution in [0.1, 0.15) is 30.5 Å². The third kappa shape index (κ3) is 3.22. The summed E-state index contributed by atoms with van der Waals surface area (Å²) in [6.07, 6.45) is 0.361. The highest BCUT2D eigenvalue weighted by atomic mass is 16.4. The smallest absolute Gasteiger partial charge is 0.157 e. The molecule has 1 heterocycles. The number of rotatable bonds is 1. The molecule has 0 unspecified atom stereocenters. The van der Waals surface area contributed by atoms with Crippen molar-refractivity contribution >= 4 is 0 Å². The molecule has 0 amide bonds. The minimum absolute atomic E-state index is 0.0153. The summed E-state index contributed by atoms with van der Waals surface area (Å²) in [5.41, 5.74) is -0.808. The summed E-state index contributed by atoms with van der Waals surface area (Å²) in [7, 11) is 1.97. The summed E-state index contributed by atoms with van der Waals surface area (Å²) in [5.74, 6) is 5.97. The van der Waals surface area contributed by atoms with Crippen LogP contribution in [-0.2, 0) is 0 Å². The number of hydrogen-bond acceptors (Lipinski definition) is 3. The Kier molecular flexibility index (Phi) is 4.47. The largest absolute Gasteiger partial charge is 0.385 e. The van der Waals surface area contributed by atoms with Crippen LogP contribution in [0, 0.1) is 11.8 Å². The van der Waals surface area contributed by atoms with E-state index in [1.807, 2.05) is 67.7 Å². The third-order valence-electron chi connectivity index (χ3n) is 4.84. The summed E-state index contributed by atoms with van der Waals surface area (Å²) < 4.78 is 0. The second-order valence-electron chi connectivity index (χ2n) is 6.80. The van der Waals surface area contributed by atoms with Crippen molar-refractivity contribution < 1.29 is 10.2 Å². The van der Waals surface area contributed by atoms with Crippen molar-refractivity contribution in [2.45, 2.75) is 30.6 Å². The molecule has 2 N–H and O–H groups in total. The third-order valence-corrected chi connectivity index (χ3v) is 4.84. The molecule has 3 heteroatoms. The molecule has 1 aliphatic heterocycles. The summed E-state index contributed by atoms with van der Waals surface area (Å²) in [4.78, 5) is 2.08. The fourth-order valence-corrected chi connectivity index (χ4v) is 3.31. The van der Waals surface area contributed by atoms with Gasteiger partial charge in [-0.1, -0.05) is 60.4 Å². The van der Waals surface area contributed by atoms with Gasteiger partial charge in [0.15, 0.2) is 5.60 Å². The molecule has 0 radical (unpaired) electrons. The Hall–Kier alpha value is -2.12. The van der Waals surface area contributed by atoms with Gasteiger partial charge in [-0.05, 0) is 31.7 Å². The molecule has 0 bridgehead atoms. The van der Waals surface area contributed by atoms with Crippen molar-refractivity contribution in [3.63, 3.8) is 0 Å². The SMILES string of the molecule is CN1C[C@](C)(O)[C@@](O)(C#Cc2ccccc2)C[C@H]1c1ccccc1. The highest BCUT2D eigenvalue weighted by molar-refractivity contribution is 5.38. The van der Waals surface area contributed by atoms with Crippen molar-refractivity contribution in [3.8, 4) is 11.8 Å². The Morgan fingerprint density at radius 1 is 1.00 bits per heavy atom. The fourth-order valence-electron chi connectivity index (χ4n) is 3.31. The van der Waals surface area contributed by atoms with E-state index in [2.05, 4.69) is 16.7 Å². The van der Waals surface area contributed by atoms with Crippen molar-refractivity contribution in [2.75, 3.05) is 13.6 Å². The zero-order valence-corrected chi connectivity index (χ0v) is 14.1. The lowest BCUT2D eigenvalue weighted by Gasteiger charge is -2.49. The number of nitrogens with zero attached hydrogens (tertiary/aromatic N) is 1. The van der Waals surface area contributed by atoms with E-state index in [1.54, 1.807) is 6.92 Å². The van der Waals surface area contributed by atoms with E-state index in [9.17, 15) is 10.2 Å². The number of piperidine rings is 1. The van der Waals surface area contributed by atoms with Crippen LogP contribution < -0.4 is 0 Å². The minimum atomic E-state index is -1.46. The predicted octanol–water partition coefficient (Wildman–Crippen LogP) is 2.60. The van der Waals surface area contributed by atoms with E-state index in [0.29, 0.717) is 13.0 Å². The topological polar surface area (TPSA) is 43.7 Å². The Morgan fingerprint density at radius 2 is 1.58 bits per heavy atom. The molecule has 124 valence electrons. The Morgan fingerprint density at radius 3 is 2.21 bits per heavy atom. The lowest BCUT2D eigenvalue weighted by molar-refractivity contribution is -0.160. The van der Waals surface area contributed by atoms with E-state index >= 15 is 0 Å². The summed E-state index contributed by atoms with van der Waals surface area (Å²) >= 11 is 0. The molecule has 2 aromatic carbocycles. The maximum Gasteiger partial charge on any atom is 0.157 e. The van der Waals surface area contributed by atoms with E-state index in [4.69, 9.17) is 0 Å². The zero-order chi connectivity index (χ0) is 17.2. The van der Waals surface area contributed by atoms with Gasteiger partial charge in [0.2, 0.25) is 0 Å². The fraction of sp³-hybridized carbons (Fsp3) is 0.333. The standard InChI is InChI=1S/C21H23NO2/c1-20(23)16-22(2)19(18-11-7-4-8-12-18)15-21(20,24)14-13-17-9-5-3-6-10-17/h3-12,19,23-24H,15-16H2,1-2H3/t19-,20-,21+/m0/s1. The first-order valence-corrected chi connectivity index (χ1v) is 8.19. The molecule has 0 saturated carbocycles. The summed E-state index contributed by atoms with van der Waals surface area (Å²) in [6.45, 7) is 2.01. The van der Waals surface area contributed by atoms with Crippen LogP contribution in [0.15, 0.2) is 60.7 Å². The molecule has 1 fully saturated rings. The summed E-state index contributed by atoms with van der Waals surface area (Å²) in [6, 6.07) is 19.6. The van der Waals surface area contributed by atoms with Gasteiger partial charge in [0, 0.05) is 24.6 Å². The van der Waals surface area contributed by atoms with E-state index < -0.39 is 11.2 Å². The average molecular weight is 321 g/mol. The zero-order valence-electron chi connectivity index (χ0n) is 14.1. The number of benzene rings is 2. The quantitative estimate of drug-likeness (QED) is 0.794. The molecule has 24 heavy (non-hydrogen) atoms. The van der Waals surface area contributed by atoms with Gasteiger partial charge in [-0.15, -0.1) is 0 Å². The van der Waals surface area contributed by atoms with Gasteiger partial charge in [-0.3, -0.25) is 4.90 Å². The first kappa shape index (κ1) is 16.7. The summed E-state index contributed by atoms with van der Waals surface area (Å²) in [5, 5.41) is 22.0. The van der Waals surface area contributed by atoms with Crippen LogP contribution in [0.5, 0.6) is 0 Å².